The van der Waals surface area contributed by atoms with Crippen molar-refractivity contribution in [2.24, 2.45) is 5.92 Å². The Morgan fingerprint density at radius 3 is 3.00 bits per heavy atom. The molecule has 0 radical (unpaired) electrons. The maximum absolute atomic E-state index is 5.99. The highest BCUT2D eigenvalue weighted by atomic mass is 35.5. The second-order valence-electron chi connectivity index (χ2n) is 2.96. The maximum Gasteiger partial charge on any atom is 0.0211 e. The van der Waals surface area contributed by atoms with Crippen LogP contribution in [0.5, 0.6) is 0 Å². The molecule has 0 fully saturated rings. The maximum atomic E-state index is 5.99. The smallest absolute Gasteiger partial charge is 0.0211 e. The third-order valence-electron chi connectivity index (χ3n) is 1.90. The van der Waals surface area contributed by atoms with Gasteiger partial charge in [-0.25, -0.2) is 0 Å². The SMILES string of the molecule is CC1=CCCC(C)C(Cl)=C1. The van der Waals surface area contributed by atoms with Gasteiger partial charge in [-0.3, -0.25) is 0 Å². The van der Waals surface area contributed by atoms with E-state index >= 15 is 0 Å². The first-order valence-corrected chi connectivity index (χ1v) is 4.12. The summed E-state index contributed by atoms with van der Waals surface area (Å²) in [6.45, 7) is 4.27. The van der Waals surface area contributed by atoms with E-state index < -0.39 is 0 Å². The van der Waals surface area contributed by atoms with E-state index in [2.05, 4.69) is 26.0 Å². The molecule has 1 rings (SSSR count). The molecule has 0 aliphatic heterocycles. The van der Waals surface area contributed by atoms with Gasteiger partial charge in [0.05, 0.1) is 0 Å². The molecule has 0 saturated heterocycles. The predicted octanol–water partition coefficient (Wildman–Crippen LogP) is 3.49. The van der Waals surface area contributed by atoms with Crippen LogP contribution in [0.3, 0.4) is 0 Å². The quantitative estimate of drug-likeness (QED) is 0.504. The number of allylic oxidation sites excluding steroid dienone is 4. The summed E-state index contributed by atoms with van der Waals surface area (Å²) in [4.78, 5) is 0. The average Bonchev–Trinajstić information content (AvgIpc) is 1.96. The highest BCUT2D eigenvalue weighted by Gasteiger charge is 2.07. The standard InChI is InChI=1S/C9H13Cl/c1-7-4-3-5-8(2)9(10)6-7/h4,6,8H,3,5H2,1-2H3. The van der Waals surface area contributed by atoms with Crippen LogP contribution in [-0.2, 0) is 0 Å². The van der Waals surface area contributed by atoms with Crippen LogP contribution < -0.4 is 0 Å². The number of rotatable bonds is 0. The van der Waals surface area contributed by atoms with Crippen molar-refractivity contribution >= 4 is 11.6 Å². The first-order chi connectivity index (χ1) is 4.70. The molecule has 1 unspecified atom stereocenters. The van der Waals surface area contributed by atoms with Gasteiger partial charge in [0.1, 0.15) is 0 Å². The summed E-state index contributed by atoms with van der Waals surface area (Å²) >= 11 is 5.99. The summed E-state index contributed by atoms with van der Waals surface area (Å²) in [7, 11) is 0. The Kier molecular flexibility index (Phi) is 2.56. The lowest BCUT2D eigenvalue weighted by atomic mass is 10.1. The summed E-state index contributed by atoms with van der Waals surface area (Å²) in [6, 6.07) is 0. The van der Waals surface area contributed by atoms with Crippen LogP contribution in [0.1, 0.15) is 26.7 Å². The van der Waals surface area contributed by atoms with Crippen molar-refractivity contribution in [3.63, 3.8) is 0 Å². The van der Waals surface area contributed by atoms with E-state index in [0.29, 0.717) is 5.92 Å². The fourth-order valence-electron chi connectivity index (χ4n) is 1.12. The third kappa shape index (κ3) is 1.88. The zero-order chi connectivity index (χ0) is 7.56. The Labute approximate surface area is 67.6 Å². The van der Waals surface area contributed by atoms with Gasteiger partial charge < -0.3 is 0 Å². The molecule has 10 heavy (non-hydrogen) atoms. The van der Waals surface area contributed by atoms with Crippen molar-refractivity contribution in [1.29, 1.82) is 0 Å². The molecule has 1 aliphatic rings. The Hall–Kier alpha value is -0.230. The number of halogens is 1. The van der Waals surface area contributed by atoms with E-state index in [1.165, 1.54) is 18.4 Å². The first-order valence-electron chi connectivity index (χ1n) is 3.74. The van der Waals surface area contributed by atoms with Gasteiger partial charge in [-0.1, -0.05) is 30.2 Å². The molecule has 0 saturated carbocycles. The highest BCUT2D eigenvalue weighted by molar-refractivity contribution is 6.30. The van der Waals surface area contributed by atoms with Gasteiger partial charge in [0.25, 0.3) is 0 Å². The molecule has 1 heteroatoms. The van der Waals surface area contributed by atoms with Crippen LogP contribution in [0, 0.1) is 5.92 Å². The third-order valence-corrected chi connectivity index (χ3v) is 2.38. The normalized spacial score (nSPS) is 26.9. The summed E-state index contributed by atoms with van der Waals surface area (Å²) in [5.41, 5.74) is 1.30. The van der Waals surface area contributed by atoms with Gasteiger partial charge in [0, 0.05) is 5.03 Å². The van der Waals surface area contributed by atoms with Gasteiger partial charge in [-0.05, 0) is 31.8 Å². The van der Waals surface area contributed by atoms with Gasteiger partial charge in [-0.15, -0.1) is 0 Å². The van der Waals surface area contributed by atoms with Crippen LogP contribution >= 0.6 is 11.6 Å². The van der Waals surface area contributed by atoms with Crippen LogP contribution in [0.2, 0.25) is 0 Å². The van der Waals surface area contributed by atoms with Crippen molar-refractivity contribution in [1.82, 2.24) is 0 Å². The zero-order valence-electron chi connectivity index (χ0n) is 6.52. The Balaban J connectivity index is 2.75. The zero-order valence-corrected chi connectivity index (χ0v) is 7.28. The summed E-state index contributed by atoms with van der Waals surface area (Å²) in [6.07, 6.45) is 6.66. The topological polar surface area (TPSA) is 0 Å². The van der Waals surface area contributed by atoms with E-state index in [1.807, 2.05) is 0 Å². The fraction of sp³-hybridized carbons (Fsp3) is 0.556. The molecule has 0 aromatic rings. The van der Waals surface area contributed by atoms with E-state index in [9.17, 15) is 0 Å². The molecule has 0 aromatic heterocycles. The van der Waals surface area contributed by atoms with Gasteiger partial charge in [0.2, 0.25) is 0 Å². The minimum absolute atomic E-state index is 0.551. The lowest BCUT2D eigenvalue weighted by Crippen LogP contribution is -1.90. The van der Waals surface area contributed by atoms with Crippen molar-refractivity contribution in [2.45, 2.75) is 26.7 Å². The molecule has 0 bridgehead atoms. The van der Waals surface area contributed by atoms with Gasteiger partial charge in [-0.2, -0.15) is 0 Å². The molecule has 0 amide bonds. The molecular formula is C9H13Cl. The number of hydrogen-bond acceptors (Lipinski definition) is 0. The molecule has 1 aliphatic carbocycles. The summed E-state index contributed by atoms with van der Waals surface area (Å²) < 4.78 is 0. The fourth-order valence-corrected chi connectivity index (χ4v) is 1.40. The van der Waals surface area contributed by atoms with Crippen LogP contribution in [0.15, 0.2) is 22.8 Å². The van der Waals surface area contributed by atoms with E-state index in [1.54, 1.807) is 0 Å². The Bertz CT molecular complexity index is 177. The van der Waals surface area contributed by atoms with E-state index in [0.717, 1.165) is 5.03 Å². The molecule has 0 heterocycles. The van der Waals surface area contributed by atoms with Crippen LogP contribution in [-0.4, -0.2) is 0 Å². The first kappa shape index (κ1) is 7.87. The molecule has 0 nitrogen and oxygen atoms in total. The Morgan fingerprint density at radius 1 is 1.60 bits per heavy atom. The average molecular weight is 157 g/mol. The summed E-state index contributed by atoms with van der Waals surface area (Å²) in [5, 5.41) is 1.01. The largest absolute Gasteiger partial charge is 0.0888 e. The van der Waals surface area contributed by atoms with Crippen LogP contribution in [0.25, 0.3) is 0 Å². The number of hydrogen-bond donors (Lipinski definition) is 0. The van der Waals surface area contributed by atoms with E-state index in [-0.39, 0.29) is 0 Å². The molecule has 1 atom stereocenters. The molecule has 0 spiro atoms. The minimum Gasteiger partial charge on any atom is -0.0888 e. The molecular weight excluding hydrogens is 144 g/mol. The van der Waals surface area contributed by atoms with Crippen molar-refractivity contribution < 1.29 is 0 Å². The van der Waals surface area contributed by atoms with Crippen molar-refractivity contribution in [2.75, 3.05) is 0 Å². The van der Waals surface area contributed by atoms with Gasteiger partial charge >= 0.3 is 0 Å². The van der Waals surface area contributed by atoms with Crippen molar-refractivity contribution in [3.8, 4) is 0 Å². The lowest BCUT2D eigenvalue weighted by Gasteiger charge is -2.04. The Morgan fingerprint density at radius 2 is 2.30 bits per heavy atom. The second kappa shape index (κ2) is 3.25. The molecule has 56 valence electrons. The van der Waals surface area contributed by atoms with E-state index in [4.69, 9.17) is 11.6 Å². The lowest BCUT2D eigenvalue weighted by molar-refractivity contribution is 0.651. The van der Waals surface area contributed by atoms with Gasteiger partial charge in [0.15, 0.2) is 0 Å². The summed E-state index contributed by atoms with van der Waals surface area (Å²) in [5.74, 6) is 0.551. The van der Waals surface area contributed by atoms with Crippen molar-refractivity contribution in [3.05, 3.63) is 22.8 Å². The van der Waals surface area contributed by atoms with Crippen LogP contribution in [0.4, 0.5) is 0 Å². The molecule has 0 aromatic carbocycles. The minimum atomic E-state index is 0.551. The predicted molar refractivity (Wildman–Crippen MR) is 46.1 cm³/mol. The monoisotopic (exact) mass is 156 g/mol. The molecule has 0 N–H and O–H groups in total. The highest BCUT2D eigenvalue weighted by Crippen LogP contribution is 2.25. The second-order valence-corrected chi connectivity index (χ2v) is 3.39.